The number of benzene rings is 1. The van der Waals surface area contributed by atoms with Crippen LogP contribution in [0.1, 0.15) is 51.7 Å². The van der Waals surface area contributed by atoms with E-state index in [0.29, 0.717) is 6.07 Å². The summed E-state index contributed by atoms with van der Waals surface area (Å²) < 4.78 is 39.4. The van der Waals surface area contributed by atoms with Gasteiger partial charge in [-0.3, -0.25) is 9.36 Å². The summed E-state index contributed by atoms with van der Waals surface area (Å²) in [5.41, 5.74) is -6.66. The molecular weight excluding hydrogens is 421 g/mol. The smallest absolute Gasteiger partial charge is 0.431 e. The van der Waals surface area contributed by atoms with Gasteiger partial charge in [-0.05, 0) is 17.5 Å². The second-order valence-electron chi connectivity index (χ2n) is 6.35. The third kappa shape index (κ3) is 3.77. The first-order valence-electron chi connectivity index (χ1n) is 7.93. The van der Waals surface area contributed by atoms with Crippen molar-refractivity contribution < 1.29 is 33.0 Å². The maximum absolute atomic E-state index is 13.0. The van der Waals surface area contributed by atoms with Crippen LogP contribution in [0, 0.1) is 0 Å². The van der Waals surface area contributed by atoms with Crippen LogP contribution in [0.5, 0.6) is 0 Å². The van der Waals surface area contributed by atoms with Gasteiger partial charge in [-0.1, -0.05) is 25.4 Å². The maximum atomic E-state index is 13.0. The Balaban J connectivity index is 3.13. The zero-order valence-corrected chi connectivity index (χ0v) is 15.9. The SMILES string of the molecule is CC(C)c1c(Cl)c(C(=O)O)cc(-n2c(=O)cc(C(F)(F)F)n(C)c2=O)c1C(=O)O. The number of alkyl halides is 3. The molecule has 0 saturated carbocycles. The fraction of sp³-hybridized carbons (Fsp3) is 0.294. The molecule has 0 bridgehead atoms. The Labute approximate surface area is 165 Å². The van der Waals surface area contributed by atoms with E-state index in [0.717, 1.165) is 7.05 Å². The molecule has 2 aromatic rings. The lowest BCUT2D eigenvalue weighted by Crippen LogP contribution is -2.41. The summed E-state index contributed by atoms with van der Waals surface area (Å²) in [6.45, 7) is 2.99. The maximum Gasteiger partial charge on any atom is 0.431 e. The normalized spacial score (nSPS) is 11.7. The highest BCUT2D eigenvalue weighted by Gasteiger charge is 2.36. The molecule has 156 valence electrons. The van der Waals surface area contributed by atoms with Crippen LogP contribution in [0.3, 0.4) is 0 Å². The molecule has 2 rings (SSSR count). The molecule has 0 unspecified atom stereocenters. The summed E-state index contributed by atoms with van der Waals surface area (Å²) in [5, 5.41) is 18.6. The standard InChI is InChI=1S/C17H14ClF3N2O6/c1-6(2)11-12(15(27)28)8(4-7(13(11)18)14(25)26)23-10(24)5-9(17(19,20)21)22(3)16(23)29/h4-6H,1-3H3,(H,25,26)(H,27,28). The van der Waals surface area contributed by atoms with Gasteiger partial charge in [-0.2, -0.15) is 13.2 Å². The Kier molecular flexibility index (Phi) is 5.66. The van der Waals surface area contributed by atoms with E-state index in [1.54, 1.807) is 0 Å². The molecular formula is C17H14ClF3N2O6. The number of aromatic nitrogens is 2. The van der Waals surface area contributed by atoms with Crippen LogP contribution in [0.2, 0.25) is 5.02 Å². The van der Waals surface area contributed by atoms with E-state index in [4.69, 9.17) is 11.6 Å². The molecule has 0 spiro atoms. The number of carbonyl (C=O) groups is 2. The quantitative estimate of drug-likeness (QED) is 0.763. The van der Waals surface area contributed by atoms with Gasteiger partial charge in [0.25, 0.3) is 5.56 Å². The largest absolute Gasteiger partial charge is 0.478 e. The molecule has 29 heavy (non-hydrogen) atoms. The van der Waals surface area contributed by atoms with E-state index in [2.05, 4.69) is 0 Å². The van der Waals surface area contributed by atoms with Crippen LogP contribution in [-0.4, -0.2) is 31.3 Å². The van der Waals surface area contributed by atoms with E-state index >= 15 is 0 Å². The molecule has 0 aliphatic rings. The van der Waals surface area contributed by atoms with Crippen LogP contribution < -0.4 is 11.2 Å². The molecule has 0 fully saturated rings. The molecule has 0 amide bonds. The summed E-state index contributed by atoms with van der Waals surface area (Å²) in [6.07, 6.45) is -5.02. The molecule has 1 aromatic heterocycles. The van der Waals surface area contributed by atoms with E-state index in [9.17, 15) is 42.6 Å². The molecule has 8 nitrogen and oxygen atoms in total. The number of rotatable bonds is 4. The number of carboxylic acids is 2. The molecule has 0 aliphatic heterocycles. The van der Waals surface area contributed by atoms with E-state index in [-0.39, 0.29) is 20.8 Å². The molecule has 0 radical (unpaired) electrons. The van der Waals surface area contributed by atoms with Crippen LogP contribution in [-0.2, 0) is 13.2 Å². The summed E-state index contributed by atoms with van der Waals surface area (Å²) in [4.78, 5) is 48.3. The van der Waals surface area contributed by atoms with Crippen molar-refractivity contribution in [1.29, 1.82) is 0 Å². The number of hydrogen-bond donors (Lipinski definition) is 2. The van der Waals surface area contributed by atoms with Gasteiger partial charge in [0.2, 0.25) is 0 Å². The fourth-order valence-electron chi connectivity index (χ4n) is 2.88. The monoisotopic (exact) mass is 434 g/mol. The van der Waals surface area contributed by atoms with Gasteiger partial charge in [0.1, 0.15) is 5.69 Å². The lowest BCUT2D eigenvalue weighted by molar-refractivity contribution is -0.144. The van der Waals surface area contributed by atoms with Crippen molar-refractivity contribution in [1.82, 2.24) is 9.13 Å². The van der Waals surface area contributed by atoms with Gasteiger partial charge in [-0.15, -0.1) is 0 Å². The fourth-order valence-corrected chi connectivity index (χ4v) is 3.33. The van der Waals surface area contributed by atoms with Crippen molar-refractivity contribution in [2.75, 3.05) is 0 Å². The number of halogens is 4. The van der Waals surface area contributed by atoms with Gasteiger partial charge in [0, 0.05) is 13.1 Å². The average Bonchev–Trinajstić information content (AvgIpc) is 2.56. The summed E-state index contributed by atoms with van der Waals surface area (Å²) in [6, 6.07) is 0.799. The highest BCUT2D eigenvalue weighted by molar-refractivity contribution is 6.35. The Morgan fingerprint density at radius 2 is 1.66 bits per heavy atom. The average molecular weight is 435 g/mol. The molecule has 0 saturated heterocycles. The van der Waals surface area contributed by atoms with Gasteiger partial charge in [-0.25, -0.2) is 19.0 Å². The topological polar surface area (TPSA) is 119 Å². The Morgan fingerprint density at radius 3 is 2.07 bits per heavy atom. The first-order chi connectivity index (χ1) is 13.2. The molecule has 12 heteroatoms. The van der Waals surface area contributed by atoms with Crippen molar-refractivity contribution in [2.45, 2.75) is 25.9 Å². The van der Waals surface area contributed by atoms with E-state index < -0.39 is 62.8 Å². The van der Waals surface area contributed by atoms with Crippen LogP contribution in [0.15, 0.2) is 21.7 Å². The summed E-state index contributed by atoms with van der Waals surface area (Å²) >= 11 is 6.04. The van der Waals surface area contributed by atoms with Gasteiger partial charge < -0.3 is 10.2 Å². The Hall–Kier alpha value is -3.08. The third-order valence-corrected chi connectivity index (χ3v) is 4.56. The summed E-state index contributed by atoms with van der Waals surface area (Å²) in [7, 11) is 0.749. The lowest BCUT2D eigenvalue weighted by atomic mass is 9.92. The minimum absolute atomic E-state index is 0.122. The minimum atomic E-state index is -5.02. The van der Waals surface area contributed by atoms with Crippen LogP contribution in [0.4, 0.5) is 13.2 Å². The number of carboxylic acid groups (broad SMARTS) is 2. The predicted molar refractivity (Wildman–Crippen MR) is 95.3 cm³/mol. The highest BCUT2D eigenvalue weighted by Crippen LogP contribution is 2.35. The molecule has 1 aromatic carbocycles. The molecule has 0 atom stereocenters. The Morgan fingerprint density at radius 1 is 1.10 bits per heavy atom. The number of hydrogen-bond acceptors (Lipinski definition) is 4. The third-order valence-electron chi connectivity index (χ3n) is 4.15. The van der Waals surface area contributed by atoms with Crippen LogP contribution in [0.25, 0.3) is 5.69 Å². The van der Waals surface area contributed by atoms with E-state index in [1.165, 1.54) is 13.8 Å². The van der Waals surface area contributed by atoms with Gasteiger partial charge in [0.05, 0.1) is 21.8 Å². The second kappa shape index (κ2) is 7.39. The van der Waals surface area contributed by atoms with Crippen molar-refractivity contribution in [3.8, 4) is 5.69 Å². The molecule has 0 aliphatic carbocycles. The predicted octanol–water partition coefficient (Wildman–Crippen LogP) is 2.73. The first kappa shape index (κ1) is 22.2. The minimum Gasteiger partial charge on any atom is -0.478 e. The zero-order valence-electron chi connectivity index (χ0n) is 15.2. The lowest BCUT2D eigenvalue weighted by Gasteiger charge is -2.20. The van der Waals surface area contributed by atoms with Gasteiger partial charge >= 0.3 is 23.8 Å². The highest BCUT2D eigenvalue weighted by atomic mass is 35.5. The van der Waals surface area contributed by atoms with Crippen molar-refractivity contribution in [2.24, 2.45) is 7.05 Å². The molecule has 1 heterocycles. The van der Waals surface area contributed by atoms with Crippen molar-refractivity contribution in [3.05, 3.63) is 60.4 Å². The van der Waals surface area contributed by atoms with Crippen molar-refractivity contribution in [3.63, 3.8) is 0 Å². The zero-order chi connectivity index (χ0) is 22.4. The van der Waals surface area contributed by atoms with Crippen molar-refractivity contribution >= 4 is 23.5 Å². The first-order valence-corrected chi connectivity index (χ1v) is 8.31. The number of aromatic carboxylic acids is 2. The van der Waals surface area contributed by atoms with Crippen LogP contribution >= 0.6 is 11.6 Å². The van der Waals surface area contributed by atoms with E-state index in [1.807, 2.05) is 0 Å². The Bertz CT molecular complexity index is 1150. The molecule has 2 N–H and O–H groups in total. The second-order valence-corrected chi connectivity index (χ2v) is 6.73. The summed E-state index contributed by atoms with van der Waals surface area (Å²) in [5.74, 6) is -3.87. The van der Waals surface area contributed by atoms with Gasteiger partial charge in [0.15, 0.2) is 0 Å². The number of nitrogens with zero attached hydrogens (tertiary/aromatic N) is 2.